The molecule has 0 saturated carbocycles. The Balaban J connectivity index is 2.93. The van der Waals surface area contributed by atoms with Crippen LogP contribution >= 0.6 is 0 Å². The Morgan fingerprint density at radius 1 is 1.20 bits per heavy atom. The topological polar surface area (TPSA) is 38.5 Å². The van der Waals surface area contributed by atoms with Gasteiger partial charge in [-0.3, -0.25) is 4.90 Å². The normalized spacial score (nSPS) is 14.3. The van der Waals surface area contributed by atoms with E-state index < -0.39 is 0 Å². The van der Waals surface area contributed by atoms with E-state index in [1.54, 1.807) is 7.11 Å². The molecule has 0 heterocycles. The van der Waals surface area contributed by atoms with Crippen LogP contribution in [0.3, 0.4) is 0 Å². The number of benzene rings is 1. The van der Waals surface area contributed by atoms with Gasteiger partial charge in [-0.05, 0) is 32.5 Å². The van der Waals surface area contributed by atoms with Crippen molar-refractivity contribution in [3.8, 4) is 5.75 Å². The third-order valence-corrected chi connectivity index (χ3v) is 3.92. The van der Waals surface area contributed by atoms with Gasteiger partial charge in [0.1, 0.15) is 5.75 Å². The van der Waals surface area contributed by atoms with Crippen LogP contribution in [0.4, 0.5) is 0 Å². The standard InChI is InChI=1S/C17H30N2O/c1-5-7-10-13-19(3)17(15(18)6-2)14-11-8-9-12-16(14)20-4/h8-9,11-12,15,17H,5-7,10,13,18H2,1-4H3. The molecule has 0 saturated heterocycles. The molecule has 2 atom stereocenters. The molecule has 0 bridgehead atoms. The molecule has 0 aliphatic rings. The van der Waals surface area contributed by atoms with Crippen LogP contribution in [0.5, 0.6) is 5.75 Å². The van der Waals surface area contributed by atoms with Crippen LogP contribution < -0.4 is 10.5 Å². The molecule has 3 nitrogen and oxygen atoms in total. The quantitative estimate of drug-likeness (QED) is 0.701. The first-order valence-electron chi connectivity index (χ1n) is 7.74. The number of hydrogen-bond donors (Lipinski definition) is 1. The molecule has 20 heavy (non-hydrogen) atoms. The van der Waals surface area contributed by atoms with Gasteiger partial charge in [-0.2, -0.15) is 0 Å². The van der Waals surface area contributed by atoms with Gasteiger partial charge in [0.05, 0.1) is 13.2 Å². The Hall–Kier alpha value is -1.06. The number of para-hydroxylation sites is 1. The highest BCUT2D eigenvalue weighted by molar-refractivity contribution is 5.36. The first-order valence-corrected chi connectivity index (χ1v) is 7.74. The van der Waals surface area contributed by atoms with Crippen molar-refractivity contribution in [3.05, 3.63) is 29.8 Å². The van der Waals surface area contributed by atoms with E-state index in [9.17, 15) is 0 Å². The third kappa shape index (κ3) is 4.50. The lowest BCUT2D eigenvalue weighted by Crippen LogP contribution is -2.39. The maximum Gasteiger partial charge on any atom is 0.123 e. The van der Waals surface area contributed by atoms with E-state index in [2.05, 4.69) is 37.9 Å². The minimum atomic E-state index is 0.123. The zero-order chi connectivity index (χ0) is 15.0. The summed E-state index contributed by atoms with van der Waals surface area (Å²) >= 11 is 0. The van der Waals surface area contributed by atoms with Crippen LogP contribution in [0.25, 0.3) is 0 Å². The largest absolute Gasteiger partial charge is 0.496 e. The summed E-state index contributed by atoms with van der Waals surface area (Å²) in [5.74, 6) is 0.934. The summed E-state index contributed by atoms with van der Waals surface area (Å²) in [4.78, 5) is 2.38. The van der Waals surface area contributed by atoms with Gasteiger partial charge in [-0.1, -0.05) is 44.9 Å². The summed E-state index contributed by atoms with van der Waals surface area (Å²) in [5, 5.41) is 0. The monoisotopic (exact) mass is 278 g/mol. The number of rotatable bonds is 9. The summed E-state index contributed by atoms with van der Waals surface area (Å²) in [7, 11) is 3.90. The van der Waals surface area contributed by atoms with Crippen molar-refractivity contribution in [1.29, 1.82) is 0 Å². The van der Waals surface area contributed by atoms with Crippen LogP contribution in [0, 0.1) is 0 Å². The Kier molecular flexibility index (Phi) is 7.63. The first-order chi connectivity index (χ1) is 9.65. The van der Waals surface area contributed by atoms with Gasteiger partial charge in [0.2, 0.25) is 0 Å². The number of nitrogens with zero attached hydrogens (tertiary/aromatic N) is 1. The zero-order valence-corrected chi connectivity index (χ0v) is 13.4. The molecule has 3 heteroatoms. The fourth-order valence-electron chi connectivity index (χ4n) is 2.68. The van der Waals surface area contributed by atoms with E-state index in [1.165, 1.54) is 24.8 Å². The molecule has 0 spiro atoms. The van der Waals surface area contributed by atoms with E-state index in [0.717, 1.165) is 18.7 Å². The maximum absolute atomic E-state index is 6.38. The number of likely N-dealkylation sites (N-methyl/N-ethyl adjacent to an activating group) is 1. The average Bonchev–Trinajstić information content (AvgIpc) is 2.48. The molecule has 0 aromatic heterocycles. The van der Waals surface area contributed by atoms with Crippen molar-refractivity contribution in [3.63, 3.8) is 0 Å². The van der Waals surface area contributed by atoms with E-state index in [4.69, 9.17) is 10.5 Å². The Morgan fingerprint density at radius 2 is 1.90 bits per heavy atom. The van der Waals surface area contributed by atoms with Gasteiger partial charge in [-0.25, -0.2) is 0 Å². The minimum Gasteiger partial charge on any atom is -0.496 e. The zero-order valence-electron chi connectivity index (χ0n) is 13.4. The molecule has 0 fully saturated rings. The summed E-state index contributed by atoms with van der Waals surface area (Å²) in [6.07, 6.45) is 4.69. The van der Waals surface area contributed by atoms with Crippen molar-refractivity contribution >= 4 is 0 Å². The van der Waals surface area contributed by atoms with Crippen molar-refractivity contribution in [2.24, 2.45) is 5.73 Å². The predicted octanol–water partition coefficient (Wildman–Crippen LogP) is 3.60. The van der Waals surface area contributed by atoms with E-state index >= 15 is 0 Å². The van der Waals surface area contributed by atoms with Gasteiger partial charge in [0.25, 0.3) is 0 Å². The molecule has 0 radical (unpaired) electrons. The summed E-state index contributed by atoms with van der Waals surface area (Å²) in [6.45, 7) is 5.45. The van der Waals surface area contributed by atoms with Crippen molar-refractivity contribution in [2.45, 2.75) is 51.6 Å². The molecular formula is C17H30N2O. The highest BCUT2D eigenvalue weighted by Gasteiger charge is 2.25. The Morgan fingerprint density at radius 3 is 2.50 bits per heavy atom. The van der Waals surface area contributed by atoms with E-state index in [-0.39, 0.29) is 12.1 Å². The molecule has 114 valence electrons. The Bertz CT molecular complexity index is 381. The predicted molar refractivity (Wildman–Crippen MR) is 86.2 cm³/mol. The van der Waals surface area contributed by atoms with Gasteiger partial charge < -0.3 is 10.5 Å². The highest BCUT2D eigenvalue weighted by atomic mass is 16.5. The van der Waals surface area contributed by atoms with Crippen LogP contribution in [-0.4, -0.2) is 31.6 Å². The lowest BCUT2D eigenvalue weighted by molar-refractivity contribution is 0.201. The molecule has 1 rings (SSSR count). The maximum atomic E-state index is 6.38. The Labute approximate surface area is 124 Å². The lowest BCUT2D eigenvalue weighted by Gasteiger charge is -2.33. The molecule has 1 aromatic rings. The van der Waals surface area contributed by atoms with Crippen LogP contribution in [0.2, 0.25) is 0 Å². The van der Waals surface area contributed by atoms with Gasteiger partial charge in [0, 0.05) is 11.6 Å². The molecule has 0 aliphatic carbocycles. The summed E-state index contributed by atoms with van der Waals surface area (Å²) in [6, 6.07) is 8.56. The summed E-state index contributed by atoms with van der Waals surface area (Å²) < 4.78 is 5.51. The van der Waals surface area contributed by atoms with Crippen molar-refractivity contribution in [1.82, 2.24) is 4.90 Å². The SMILES string of the molecule is CCCCCN(C)C(c1ccccc1OC)C(N)CC. The number of hydrogen-bond acceptors (Lipinski definition) is 3. The number of ether oxygens (including phenoxy) is 1. The van der Waals surface area contributed by atoms with Crippen molar-refractivity contribution < 1.29 is 4.74 Å². The van der Waals surface area contributed by atoms with Crippen LogP contribution in [0.1, 0.15) is 51.1 Å². The van der Waals surface area contributed by atoms with Gasteiger partial charge >= 0.3 is 0 Å². The van der Waals surface area contributed by atoms with E-state index in [1.807, 2.05) is 12.1 Å². The molecule has 2 N–H and O–H groups in total. The minimum absolute atomic E-state index is 0.123. The van der Waals surface area contributed by atoms with Gasteiger partial charge in [0.15, 0.2) is 0 Å². The highest BCUT2D eigenvalue weighted by Crippen LogP contribution is 2.31. The molecule has 0 aliphatic heterocycles. The second-order valence-corrected chi connectivity index (χ2v) is 5.45. The van der Waals surface area contributed by atoms with E-state index in [0.29, 0.717) is 0 Å². The smallest absolute Gasteiger partial charge is 0.123 e. The molecule has 0 amide bonds. The lowest BCUT2D eigenvalue weighted by atomic mass is 9.95. The van der Waals surface area contributed by atoms with Crippen molar-refractivity contribution in [2.75, 3.05) is 20.7 Å². The summed E-state index contributed by atoms with van der Waals surface area (Å²) in [5.41, 5.74) is 7.58. The fraction of sp³-hybridized carbons (Fsp3) is 0.647. The molecule has 2 unspecified atom stereocenters. The van der Waals surface area contributed by atoms with Gasteiger partial charge in [-0.15, -0.1) is 0 Å². The number of methoxy groups -OCH3 is 1. The number of unbranched alkanes of at least 4 members (excludes halogenated alkanes) is 2. The fourth-order valence-corrected chi connectivity index (χ4v) is 2.68. The second-order valence-electron chi connectivity index (χ2n) is 5.45. The van der Waals surface area contributed by atoms with Crippen LogP contribution in [-0.2, 0) is 0 Å². The average molecular weight is 278 g/mol. The second kappa shape index (κ2) is 8.98. The molecular weight excluding hydrogens is 248 g/mol. The number of nitrogens with two attached hydrogens (primary N) is 1. The first kappa shape index (κ1) is 17.0. The van der Waals surface area contributed by atoms with Crippen LogP contribution in [0.15, 0.2) is 24.3 Å². The third-order valence-electron chi connectivity index (χ3n) is 3.92. The molecule has 1 aromatic carbocycles.